The third-order valence-electron chi connectivity index (χ3n) is 4.81. The van der Waals surface area contributed by atoms with Crippen molar-refractivity contribution in [3.05, 3.63) is 56.5 Å². The number of carbonyl (C=O) groups is 1. The Kier molecular flexibility index (Phi) is 9.23. The first-order valence-corrected chi connectivity index (χ1v) is 11.9. The Morgan fingerprint density at radius 3 is 1.88 bits per heavy atom. The Morgan fingerprint density at radius 1 is 0.844 bits per heavy atom. The van der Waals surface area contributed by atoms with Crippen molar-refractivity contribution in [3.8, 4) is 22.5 Å². The fourth-order valence-corrected chi connectivity index (χ4v) is 4.19. The summed E-state index contributed by atoms with van der Waals surface area (Å²) in [4.78, 5) is 13.6. The van der Waals surface area contributed by atoms with Crippen LogP contribution in [0.2, 0.25) is 20.1 Å². The summed E-state index contributed by atoms with van der Waals surface area (Å²) in [7, 11) is 0. The molecule has 0 amide bonds. The molecule has 0 N–H and O–H groups in total. The number of carbonyl (C=O) groups excluding carboxylic acids is 1. The normalized spacial score (nSPS) is 11.0. The molecule has 0 aliphatic carbocycles. The van der Waals surface area contributed by atoms with Crippen LogP contribution in [0.5, 0.6) is 0 Å². The van der Waals surface area contributed by atoms with E-state index in [1.54, 1.807) is 36.4 Å². The van der Waals surface area contributed by atoms with Crippen molar-refractivity contribution in [2.24, 2.45) is 0 Å². The molecule has 3 aromatic rings. The molecule has 0 saturated heterocycles. The molecule has 2 aromatic carbocycles. The van der Waals surface area contributed by atoms with Crippen molar-refractivity contribution in [2.75, 3.05) is 6.61 Å². The van der Waals surface area contributed by atoms with Crippen LogP contribution in [-0.4, -0.2) is 27.6 Å². The van der Waals surface area contributed by atoms with Crippen LogP contribution in [0.1, 0.15) is 39.0 Å². The van der Waals surface area contributed by atoms with Crippen LogP contribution in [0, 0.1) is 0 Å². The second kappa shape index (κ2) is 11.9. The van der Waals surface area contributed by atoms with Gasteiger partial charge in [0.05, 0.1) is 16.7 Å². The lowest BCUT2D eigenvalue weighted by atomic mass is 10.0. The lowest BCUT2D eigenvalue weighted by Gasteiger charge is -2.06. The molecule has 1 heterocycles. The van der Waals surface area contributed by atoms with E-state index in [2.05, 4.69) is 17.1 Å². The smallest absolute Gasteiger partial charge is 0.329 e. The summed E-state index contributed by atoms with van der Waals surface area (Å²) in [6, 6.07) is 10.2. The SMILES string of the molecule is CCCCCCCOC(=O)Cn1nc(-c2ccc(Cl)cc2Cl)c(-c2ccc(Cl)cc2Cl)n1. The number of benzene rings is 2. The van der Waals surface area contributed by atoms with E-state index in [1.807, 2.05) is 0 Å². The highest BCUT2D eigenvalue weighted by Crippen LogP contribution is 2.38. The van der Waals surface area contributed by atoms with E-state index in [1.165, 1.54) is 17.6 Å². The zero-order valence-electron chi connectivity index (χ0n) is 17.6. The van der Waals surface area contributed by atoms with E-state index in [0.29, 0.717) is 49.2 Å². The molecule has 0 bridgehead atoms. The maximum Gasteiger partial charge on any atom is 0.329 e. The topological polar surface area (TPSA) is 57.0 Å². The van der Waals surface area contributed by atoms with Gasteiger partial charge < -0.3 is 4.74 Å². The third-order valence-corrected chi connectivity index (χ3v) is 5.90. The molecule has 3 rings (SSSR count). The van der Waals surface area contributed by atoms with E-state index in [-0.39, 0.29) is 6.54 Å². The van der Waals surface area contributed by atoms with Crippen molar-refractivity contribution < 1.29 is 9.53 Å². The molecule has 0 spiro atoms. The van der Waals surface area contributed by atoms with Crippen molar-refractivity contribution in [1.82, 2.24) is 15.0 Å². The Morgan fingerprint density at radius 2 is 1.38 bits per heavy atom. The lowest BCUT2D eigenvalue weighted by Crippen LogP contribution is -2.16. The molecule has 9 heteroatoms. The molecule has 0 unspecified atom stereocenters. The molecule has 1 aromatic heterocycles. The Bertz CT molecular complexity index is 1020. The molecule has 0 atom stereocenters. The van der Waals surface area contributed by atoms with Crippen LogP contribution < -0.4 is 0 Å². The summed E-state index contributed by atoms with van der Waals surface area (Å²) in [6.45, 7) is 2.42. The van der Waals surface area contributed by atoms with Crippen molar-refractivity contribution in [1.29, 1.82) is 0 Å². The highest BCUT2D eigenvalue weighted by atomic mass is 35.5. The summed E-state index contributed by atoms with van der Waals surface area (Å²) in [5, 5.41) is 10.8. The van der Waals surface area contributed by atoms with E-state index in [0.717, 1.165) is 19.3 Å². The second-order valence-electron chi connectivity index (χ2n) is 7.31. The Hall–Kier alpha value is -1.79. The van der Waals surface area contributed by atoms with Crippen molar-refractivity contribution >= 4 is 52.4 Å². The molecule has 32 heavy (non-hydrogen) atoms. The molecule has 170 valence electrons. The number of unbranched alkanes of at least 4 members (excludes halogenated alkanes) is 4. The number of rotatable bonds is 10. The predicted molar refractivity (Wildman–Crippen MR) is 131 cm³/mol. The summed E-state index contributed by atoms with van der Waals surface area (Å²) >= 11 is 24.9. The largest absolute Gasteiger partial charge is 0.464 e. The van der Waals surface area contributed by atoms with Gasteiger partial charge >= 0.3 is 5.97 Å². The molecule has 5 nitrogen and oxygen atoms in total. The van der Waals surface area contributed by atoms with Gasteiger partial charge in [0.25, 0.3) is 0 Å². The van der Waals surface area contributed by atoms with Gasteiger partial charge in [-0.2, -0.15) is 15.0 Å². The zero-order chi connectivity index (χ0) is 23.1. The molecular weight excluding hydrogens is 492 g/mol. The standard InChI is InChI=1S/C23H23Cl4N3O2/c1-2-3-4-5-6-11-32-21(31)14-30-28-22(17-9-7-15(24)12-19(17)26)23(29-30)18-10-8-16(25)13-20(18)27/h7-10,12-13H,2-6,11,14H2,1H3. The average molecular weight is 515 g/mol. The van der Waals surface area contributed by atoms with Crippen molar-refractivity contribution in [3.63, 3.8) is 0 Å². The van der Waals surface area contributed by atoms with Gasteiger partial charge in [-0.1, -0.05) is 79.0 Å². The van der Waals surface area contributed by atoms with Gasteiger partial charge in [0.15, 0.2) is 6.54 Å². The highest BCUT2D eigenvalue weighted by molar-refractivity contribution is 6.37. The van der Waals surface area contributed by atoms with Gasteiger partial charge in [0.2, 0.25) is 0 Å². The number of esters is 1. The second-order valence-corrected chi connectivity index (χ2v) is 9.00. The molecule has 0 saturated carbocycles. The minimum Gasteiger partial charge on any atom is -0.464 e. The average Bonchev–Trinajstić information content (AvgIpc) is 3.13. The van der Waals surface area contributed by atoms with Crippen LogP contribution in [0.15, 0.2) is 36.4 Å². The highest BCUT2D eigenvalue weighted by Gasteiger charge is 2.21. The fourth-order valence-electron chi connectivity index (χ4n) is 3.20. The first-order chi connectivity index (χ1) is 15.4. The maximum absolute atomic E-state index is 12.3. The quantitative estimate of drug-likeness (QED) is 0.205. The van der Waals surface area contributed by atoms with E-state index >= 15 is 0 Å². The number of hydrogen-bond donors (Lipinski definition) is 0. The molecule has 0 radical (unpaired) electrons. The molecule has 0 fully saturated rings. The predicted octanol–water partition coefficient (Wildman–Crippen LogP) is 7.74. The summed E-state index contributed by atoms with van der Waals surface area (Å²) in [5.74, 6) is -0.405. The monoisotopic (exact) mass is 513 g/mol. The summed E-state index contributed by atoms with van der Waals surface area (Å²) < 4.78 is 5.34. The molecular formula is C23H23Cl4N3O2. The number of nitrogens with zero attached hydrogens (tertiary/aromatic N) is 3. The number of aromatic nitrogens is 3. The fraction of sp³-hybridized carbons (Fsp3) is 0.348. The van der Waals surface area contributed by atoms with Crippen LogP contribution >= 0.6 is 46.4 Å². The van der Waals surface area contributed by atoms with Crippen molar-refractivity contribution in [2.45, 2.75) is 45.6 Å². The number of hydrogen-bond acceptors (Lipinski definition) is 4. The molecule has 0 aliphatic rings. The van der Waals surface area contributed by atoms with Gasteiger partial charge in [-0.15, -0.1) is 0 Å². The first-order valence-electron chi connectivity index (χ1n) is 10.4. The maximum atomic E-state index is 12.3. The van der Waals surface area contributed by atoms with Gasteiger partial charge in [-0.25, -0.2) is 4.79 Å². The van der Waals surface area contributed by atoms with E-state index in [4.69, 9.17) is 51.1 Å². The van der Waals surface area contributed by atoms with Crippen LogP contribution in [0.3, 0.4) is 0 Å². The minimum absolute atomic E-state index is 0.127. The Balaban J connectivity index is 1.84. The van der Waals surface area contributed by atoms with Crippen LogP contribution in [0.4, 0.5) is 0 Å². The number of ether oxygens (including phenoxy) is 1. The van der Waals surface area contributed by atoms with Gasteiger partial charge in [-0.3, -0.25) is 0 Å². The number of halogens is 4. The van der Waals surface area contributed by atoms with E-state index < -0.39 is 5.97 Å². The van der Waals surface area contributed by atoms with Gasteiger partial charge in [0, 0.05) is 21.2 Å². The van der Waals surface area contributed by atoms with Crippen LogP contribution in [0.25, 0.3) is 22.5 Å². The summed E-state index contributed by atoms with van der Waals surface area (Å²) in [6.07, 6.45) is 5.39. The Labute approximate surface area is 207 Å². The molecule has 0 aliphatic heterocycles. The van der Waals surface area contributed by atoms with E-state index in [9.17, 15) is 4.79 Å². The zero-order valence-corrected chi connectivity index (χ0v) is 20.6. The van der Waals surface area contributed by atoms with Gasteiger partial charge in [-0.05, 0) is 42.8 Å². The third kappa shape index (κ3) is 6.61. The van der Waals surface area contributed by atoms with Gasteiger partial charge in [0.1, 0.15) is 11.4 Å². The summed E-state index contributed by atoms with van der Waals surface area (Å²) in [5.41, 5.74) is 2.19. The van der Waals surface area contributed by atoms with Crippen LogP contribution in [-0.2, 0) is 16.1 Å². The lowest BCUT2D eigenvalue weighted by molar-refractivity contribution is -0.144. The first kappa shape index (κ1) is 24.8. The minimum atomic E-state index is -0.405.